The number of rotatable bonds is 5. The standard InChI is InChI=1S/C20H23NO/c22-20(18-12-6-2-7-13-18)19(21-14-8-3-9-15-21)16-17-10-4-1-5-11-17/h1-2,4-7,10-13,19H,3,8-9,14-16H2. The van der Waals surface area contributed by atoms with Crippen LogP contribution in [0.4, 0.5) is 0 Å². The highest BCUT2D eigenvalue weighted by Crippen LogP contribution is 2.19. The van der Waals surface area contributed by atoms with Crippen molar-refractivity contribution in [2.24, 2.45) is 0 Å². The van der Waals surface area contributed by atoms with Crippen LogP contribution in [0.2, 0.25) is 0 Å². The van der Waals surface area contributed by atoms with Crippen LogP contribution in [0, 0.1) is 0 Å². The predicted octanol–water partition coefficient (Wildman–Crippen LogP) is 3.97. The molecule has 2 heteroatoms. The van der Waals surface area contributed by atoms with Gasteiger partial charge in [-0.1, -0.05) is 67.1 Å². The van der Waals surface area contributed by atoms with Gasteiger partial charge in [0.2, 0.25) is 0 Å². The Morgan fingerprint density at radius 3 is 2.09 bits per heavy atom. The van der Waals surface area contributed by atoms with Gasteiger partial charge >= 0.3 is 0 Å². The molecule has 0 saturated carbocycles. The molecule has 1 atom stereocenters. The summed E-state index contributed by atoms with van der Waals surface area (Å²) in [6, 6.07) is 20.1. The van der Waals surface area contributed by atoms with Gasteiger partial charge in [-0.15, -0.1) is 0 Å². The van der Waals surface area contributed by atoms with E-state index in [4.69, 9.17) is 0 Å². The summed E-state index contributed by atoms with van der Waals surface area (Å²) in [6.45, 7) is 2.08. The number of ketones is 1. The molecule has 1 fully saturated rings. The molecule has 0 N–H and O–H groups in total. The fourth-order valence-corrected chi connectivity index (χ4v) is 3.25. The van der Waals surface area contributed by atoms with Gasteiger partial charge in [0.1, 0.15) is 0 Å². The predicted molar refractivity (Wildman–Crippen MR) is 90.1 cm³/mol. The first-order chi connectivity index (χ1) is 10.8. The first kappa shape index (κ1) is 15.0. The van der Waals surface area contributed by atoms with Gasteiger partial charge in [-0.3, -0.25) is 9.69 Å². The summed E-state index contributed by atoms with van der Waals surface area (Å²) in [5.74, 6) is 0.256. The minimum absolute atomic E-state index is 0.0369. The third-order valence-corrected chi connectivity index (χ3v) is 4.46. The molecule has 1 saturated heterocycles. The summed E-state index contributed by atoms with van der Waals surface area (Å²) in [6.07, 6.45) is 4.49. The molecule has 0 aliphatic carbocycles. The second-order valence-electron chi connectivity index (χ2n) is 6.03. The maximum atomic E-state index is 13.0. The van der Waals surface area contributed by atoms with E-state index in [9.17, 15) is 4.79 Å². The van der Waals surface area contributed by atoms with Crippen LogP contribution in [0.5, 0.6) is 0 Å². The summed E-state index contributed by atoms with van der Waals surface area (Å²) >= 11 is 0. The summed E-state index contributed by atoms with van der Waals surface area (Å²) in [5.41, 5.74) is 2.07. The van der Waals surface area contributed by atoms with E-state index in [1.165, 1.54) is 24.8 Å². The van der Waals surface area contributed by atoms with Crippen molar-refractivity contribution >= 4 is 5.78 Å². The van der Waals surface area contributed by atoms with Crippen LogP contribution < -0.4 is 0 Å². The van der Waals surface area contributed by atoms with Crippen LogP contribution in [-0.4, -0.2) is 29.8 Å². The molecule has 2 aromatic carbocycles. The van der Waals surface area contributed by atoms with E-state index < -0.39 is 0 Å². The van der Waals surface area contributed by atoms with Crippen molar-refractivity contribution in [3.8, 4) is 0 Å². The van der Waals surface area contributed by atoms with Crippen molar-refractivity contribution in [2.45, 2.75) is 31.7 Å². The Kier molecular flexibility index (Phi) is 5.02. The van der Waals surface area contributed by atoms with Crippen LogP contribution in [0.3, 0.4) is 0 Å². The second-order valence-corrected chi connectivity index (χ2v) is 6.03. The van der Waals surface area contributed by atoms with Crippen LogP contribution in [0.1, 0.15) is 35.2 Å². The number of carbonyl (C=O) groups is 1. The SMILES string of the molecule is O=C(c1ccccc1)C(Cc1ccccc1)N1CCCCC1. The molecule has 0 spiro atoms. The molecule has 22 heavy (non-hydrogen) atoms. The molecular formula is C20H23NO. The van der Waals surface area contributed by atoms with Crippen molar-refractivity contribution in [1.29, 1.82) is 0 Å². The van der Waals surface area contributed by atoms with E-state index in [0.29, 0.717) is 0 Å². The minimum Gasteiger partial charge on any atom is -0.293 e. The van der Waals surface area contributed by atoms with E-state index in [1.54, 1.807) is 0 Å². The molecule has 1 aliphatic rings. The highest BCUT2D eigenvalue weighted by molar-refractivity contribution is 6.00. The van der Waals surface area contributed by atoms with E-state index in [2.05, 4.69) is 29.2 Å². The molecule has 0 aromatic heterocycles. The topological polar surface area (TPSA) is 20.3 Å². The summed E-state index contributed by atoms with van der Waals surface area (Å²) in [5, 5.41) is 0. The van der Waals surface area contributed by atoms with E-state index >= 15 is 0 Å². The largest absolute Gasteiger partial charge is 0.293 e. The van der Waals surface area contributed by atoms with Crippen LogP contribution >= 0.6 is 0 Å². The molecule has 0 bridgehead atoms. The summed E-state index contributed by atoms with van der Waals surface area (Å²) < 4.78 is 0. The van der Waals surface area contributed by atoms with Gasteiger partial charge in [-0.25, -0.2) is 0 Å². The van der Waals surface area contributed by atoms with Gasteiger partial charge < -0.3 is 0 Å². The maximum Gasteiger partial charge on any atom is 0.180 e. The lowest BCUT2D eigenvalue weighted by Crippen LogP contribution is -2.45. The fraction of sp³-hybridized carbons (Fsp3) is 0.350. The first-order valence-corrected chi connectivity index (χ1v) is 8.22. The number of hydrogen-bond acceptors (Lipinski definition) is 2. The van der Waals surface area contributed by atoms with Crippen LogP contribution in [0.25, 0.3) is 0 Å². The smallest absolute Gasteiger partial charge is 0.180 e. The second kappa shape index (κ2) is 7.37. The summed E-state index contributed by atoms with van der Waals surface area (Å²) in [4.78, 5) is 15.4. The van der Waals surface area contributed by atoms with Gasteiger partial charge in [0.05, 0.1) is 6.04 Å². The van der Waals surface area contributed by atoms with Gasteiger partial charge in [0, 0.05) is 5.56 Å². The Morgan fingerprint density at radius 1 is 0.864 bits per heavy atom. The fourth-order valence-electron chi connectivity index (χ4n) is 3.25. The molecule has 2 aromatic rings. The highest BCUT2D eigenvalue weighted by Gasteiger charge is 2.27. The summed E-state index contributed by atoms with van der Waals surface area (Å²) in [7, 11) is 0. The Balaban J connectivity index is 1.83. The Bertz CT molecular complexity index is 588. The average Bonchev–Trinajstić information content (AvgIpc) is 2.61. The first-order valence-electron chi connectivity index (χ1n) is 8.22. The normalized spacial score (nSPS) is 17.1. The molecule has 1 heterocycles. The lowest BCUT2D eigenvalue weighted by Gasteiger charge is -2.33. The molecule has 0 radical (unpaired) electrons. The molecule has 0 amide bonds. The lowest BCUT2D eigenvalue weighted by atomic mass is 9.94. The van der Waals surface area contributed by atoms with Gasteiger partial charge in [0.15, 0.2) is 5.78 Å². The lowest BCUT2D eigenvalue weighted by molar-refractivity contribution is 0.0783. The number of hydrogen-bond donors (Lipinski definition) is 0. The minimum atomic E-state index is -0.0369. The monoisotopic (exact) mass is 293 g/mol. The maximum absolute atomic E-state index is 13.0. The number of nitrogens with zero attached hydrogens (tertiary/aromatic N) is 1. The molecule has 114 valence electrons. The molecule has 2 nitrogen and oxygen atoms in total. The highest BCUT2D eigenvalue weighted by atomic mass is 16.1. The average molecular weight is 293 g/mol. The Labute approximate surface area is 132 Å². The number of likely N-dealkylation sites (tertiary alicyclic amines) is 1. The van der Waals surface area contributed by atoms with Gasteiger partial charge in [0.25, 0.3) is 0 Å². The van der Waals surface area contributed by atoms with E-state index in [-0.39, 0.29) is 11.8 Å². The number of Topliss-reactive ketones (excluding diaryl/α,β-unsaturated/α-hetero) is 1. The van der Waals surface area contributed by atoms with Crippen LogP contribution in [-0.2, 0) is 6.42 Å². The zero-order chi connectivity index (χ0) is 15.2. The molecule has 1 unspecified atom stereocenters. The number of carbonyl (C=O) groups excluding carboxylic acids is 1. The van der Waals surface area contributed by atoms with Crippen molar-refractivity contribution in [3.63, 3.8) is 0 Å². The van der Waals surface area contributed by atoms with Crippen molar-refractivity contribution in [3.05, 3.63) is 71.8 Å². The Morgan fingerprint density at radius 2 is 1.45 bits per heavy atom. The van der Waals surface area contributed by atoms with Crippen molar-refractivity contribution < 1.29 is 4.79 Å². The molecule has 3 rings (SSSR count). The quantitative estimate of drug-likeness (QED) is 0.778. The van der Waals surface area contributed by atoms with Crippen molar-refractivity contribution in [2.75, 3.05) is 13.1 Å². The number of piperidine rings is 1. The third-order valence-electron chi connectivity index (χ3n) is 4.46. The number of benzene rings is 2. The molecular weight excluding hydrogens is 270 g/mol. The van der Waals surface area contributed by atoms with Gasteiger partial charge in [-0.2, -0.15) is 0 Å². The van der Waals surface area contributed by atoms with Crippen molar-refractivity contribution in [1.82, 2.24) is 4.90 Å². The zero-order valence-corrected chi connectivity index (χ0v) is 12.9. The zero-order valence-electron chi connectivity index (χ0n) is 12.9. The molecule has 1 aliphatic heterocycles. The van der Waals surface area contributed by atoms with Crippen LogP contribution in [0.15, 0.2) is 60.7 Å². The van der Waals surface area contributed by atoms with E-state index in [1.807, 2.05) is 36.4 Å². The third kappa shape index (κ3) is 3.63. The van der Waals surface area contributed by atoms with Gasteiger partial charge in [-0.05, 0) is 37.9 Å². The van der Waals surface area contributed by atoms with E-state index in [0.717, 1.165) is 25.1 Å². The Hall–Kier alpha value is -1.93.